The number of nitrogen functional groups attached to an aromatic ring is 1. The molecule has 0 unspecified atom stereocenters. The van der Waals surface area contributed by atoms with Crippen molar-refractivity contribution >= 4 is 5.82 Å². The lowest BCUT2D eigenvalue weighted by Gasteiger charge is -2.11. The molecule has 1 aromatic heterocycles. The van der Waals surface area contributed by atoms with Crippen LogP contribution in [0, 0.1) is 0 Å². The molecule has 0 saturated carbocycles. The number of anilines is 1. The molecule has 16 heavy (non-hydrogen) atoms. The van der Waals surface area contributed by atoms with Crippen LogP contribution in [0.25, 0.3) is 11.3 Å². The number of nitrogens with two attached hydrogens (primary N) is 1. The SMILES string of the molecule is CC(F)(F)c1cccc(-c2cc(N)n[nH]2)c1. The summed E-state index contributed by atoms with van der Waals surface area (Å²) in [6.45, 7) is 0.868. The predicted molar refractivity (Wildman–Crippen MR) is 58.0 cm³/mol. The van der Waals surface area contributed by atoms with E-state index in [4.69, 9.17) is 5.73 Å². The van der Waals surface area contributed by atoms with Crippen LogP contribution in [-0.2, 0) is 5.92 Å². The minimum absolute atomic E-state index is 0.0295. The van der Waals surface area contributed by atoms with Gasteiger partial charge < -0.3 is 5.73 Å². The van der Waals surface area contributed by atoms with E-state index in [1.807, 2.05) is 0 Å². The molecule has 1 heterocycles. The number of hydrogen-bond donors (Lipinski definition) is 2. The molecule has 2 rings (SSSR count). The van der Waals surface area contributed by atoms with Gasteiger partial charge in [-0.1, -0.05) is 18.2 Å². The molecule has 0 atom stereocenters. The Morgan fingerprint density at radius 1 is 1.31 bits per heavy atom. The van der Waals surface area contributed by atoms with Gasteiger partial charge in [-0.25, -0.2) is 8.78 Å². The minimum Gasteiger partial charge on any atom is -0.382 e. The summed E-state index contributed by atoms with van der Waals surface area (Å²) in [7, 11) is 0. The van der Waals surface area contributed by atoms with Gasteiger partial charge in [0.2, 0.25) is 0 Å². The fraction of sp³-hybridized carbons (Fsp3) is 0.182. The van der Waals surface area contributed by atoms with E-state index < -0.39 is 5.92 Å². The maximum Gasteiger partial charge on any atom is 0.270 e. The van der Waals surface area contributed by atoms with Crippen LogP contribution in [0.3, 0.4) is 0 Å². The van der Waals surface area contributed by atoms with E-state index in [2.05, 4.69) is 10.2 Å². The number of benzene rings is 1. The van der Waals surface area contributed by atoms with Gasteiger partial charge in [0.05, 0.1) is 5.69 Å². The first kappa shape index (κ1) is 10.6. The molecule has 0 spiro atoms. The predicted octanol–water partition coefficient (Wildman–Crippen LogP) is 2.77. The van der Waals surface area contributed by atoms with Gasteiger partial charge in [-0.15, -0.1) is 0 Å². The van der Waals surface area contributed by atoms with Crippen LogP contribution >= 0.6 is 0 Å². The lowest BCUT2D eigenvalue weighted by molar-refractivity contribution is 0.0175. The van der Waals surface area contributed by atoms with Crippen molar-refractivity contribution in [2.75, 3.05) is 5.73 Å². The molecule has 0 fully saturated rings. The van der Waals surface area contributed by atoms with Crippen LogP contribution in [0.15, 0.2) is 30.3 Å². The zero-order valence-electron chi connectivity index (χ0n) is 8.67. The maximum atomic E-state index is 13.1. The van der Waals surface area contributed by atoms with Gasteiger partial charge in [0.15, 0.2) is 0 Å². The molecule has 0 aliphatic rings. The Kier molecular flexibility index (Phi) is 2.38. The number of aromatic amines is 1. The fourth-order valence-electron chi connectivity index (χ4n) is 1.44. The minimum atomic E-state index is -2.85. The van der Waals surface area contributed by atoms with Crippen LogP contribution in [0.2, 0.25) is 0 Å². The number of nitrogens with zero attached hydrogens (tertiary/aromatic N) is 1. The topological polar surface area (TPSA) is 54.7 Å². The van der Waals surface area contributed by atoms with Crippen LogP contribution in [-0.4, -0.2) is 10.2 Å². The maximum absolute atomic E-state index is 13.1. The van der Waals surface area contributed by atoms with E-state index >= 15 is 0 Å². The zero-order chi connectivity index (χ0) is 11.8. The van der Waals surface area contributed by atoms with Crippen molar-refractivity contribution in [3.05, 3.63) is 35.9 Å². The summed E-state index contributed by atoms with van der Waals surface area (Å²) >= 11 is 0. The normalized spacial score (nSPS) is 11.7. The Morgan fingerprint density at radius 2 is 2.06 bits per heavy atom. The second-order valence-electron chi connectivity index (χ2n) is 3.68. The Hall–Kier alpha value is -1.91. The summed E-state index contributed by atoms with van der Waals surface area (Å²) in [5, 5.41) is 6.43. The number of H-pyrrole nitrogens is 1. The van der Waals surface area contributed by atoms with Gasteiger partial charge in [0.1, 0.15) is 5.82 Å². The van der Waals surface area contributed by atoms with Crippen LogP contribution in [0.4, 0.5) is 14.6 Å². The third kappa shape index (κ3) is 2.03. The molecule has 0 radical (unpaired) electrons. The van der Waals surface area contributed by atoms with Gasteiger partial charge in [0.25, 0.3) is 5.92 Å². The summed E-state index contributed by atoms with van der Waals surface area (Å²) in [4.78, 5) is 0. The average molecular weight is 223 g/mol. The lowest BCUT2D eigenvalue weighted by Crippen LogP contribution is -2.06. The molecule has 5 heteroatoms. The zero-order valence-corrected chi connectivity index (χ0v) is 8.67. The summed E-state index contributed by atoms with van der Waals surface area (Å²) in [5.41, 5.74) is 6.69. The number of rotatable bonds is 2. The molecular formula is C11H11F2N3. The summed E-state index contributed by atoms with van der Waals surface area (Å²) in [6.07, 6.45) is 0. The Bertz CT molecular complexity index is 500. The van der Waals surface area contributed by atoms with E-state index in [-0.39, 0.29) is 5.56 Å². The van der Waals surface area contributed by atoms with Crippen molar-refractivity contribution in [3.63, 3.8) is 0 Å². The van der Waals surface area contributed by atoms with E-state index in [9.17, 15) is 8.78 Å². The third-order valence-electron chi connectivity index (χ3n) is 2.28. The van der Waals surface area contributed by atoms with E-state index in [0.29, 0.717) is 17.1 Å². The second kappa shape index (κ2) is 3.59. The number of alkyl halides is 2. The largest absolute Gasteiger partial charge is 0.382 e. The molecule has 2 aromatic rings. The van der Waals surface area contributed by atoms with Gasteiger partial charge in [0, 0.05) is 24.1 Å². The summed E-state index contributed by atoms with van der Waals surface area (Å²) < 4.78 is 26.2. The summed E-state index contributed by atoms with van der Waals surface area (Å²) in [6, 6.07) is 7.73. The molecule has 84 valence electrons. The van der Waals surface area contributed by atoms with Crippen LogP contribution < -0.4 is 5.73 Å². The summed E-state index contributed by atoms with van der Waals surface area (Å²) in [5.74, 6) is -2.51. The first-order valence-electron chi connectivity index (χ1n) is 4.76. The fourth-order valence-corrected chi connectivity index (χ4v) is 1.44. The van der Waals surface area contributed by atoms with Crippen LogP contribution in [0.5, 0.6) is 0 Å². The highest BCUT2D eigenvalue weighted by Gasteiger charge is 2.24. The van der Waals surface area contributed by atoms with Crippen molar-refractivity contribution in [3.8, 4) is 11.3 Å². The molecule has 3 N–H and O–H groups in total. The first-order valence-corrected chi connectivity index (χ1v) is 4.76. The van der Waals surface area contributed by atoms with Crippen molar-refractivity contribution in [2.45, 2.75) is 12.8 Å². The quantitative estimate of drug-likeness (QED) is 0.822. The highest BCUT2D eigenvalue weighted by molar-refractivity contribution is 5.62. The smallest absolute Gasteiger partial charge is 0.270 e. The first-order chi connectivity index (χ1) is 7.47. The van der Waals surface area contributed by atoms with E-state index in [1.54, 1.807) is 18.2 Å². The van der Waals surface area contributed by atoms with Gasteiger partial charge in [-0.05, 0) is 6.07 Å². The molecule has 0 bridgehead atoms. The lowest BCUT2D eigenvalue weighted by atomic mass is 10.0. The molecule has 0 saturated heterocycles. The van der Waals surface area contributed by atoms with Crippen molar-refractivity contribution < 1.29 is 8.78 Å². The molecular weight excluding hydrogens is 212 g/mol. The average Bonchev–Trinajstić information content (AvgIpc) is 2.64. The highest BCUT2D eigenvalue weighted by Crippen LogP contribution is 2.30. The standard InChI is InChI=1S/C11H11F2N3/c1-11(12,13)8-4-2-3-7(5-8)9-6-10(14)16-15-9/h2-6H,1H3,(H3,14,15,16). The Balaban J connectivity index is 2.44. The molecule has 0 aliphatic heterocycles. The molecule has 1 aromatic carbocycles. The Labute approximate surface area is 91.3 Å². The number of nitrogens with one attached hydrogen (secondary N) is 1. The molecule has 0 aliphatic carbocycles. The third-order valence-corrected chi connectivity index (χ3v) is 2.28. The van der Waals surface area contributed by atoms with E-state index in [0.717, 1.165) is 6.92 Å². The molecule has 0 amide bonds. The van der Waals surface area contributed by atoms with Crippen molar-refractivity contribution in [1.82, 2.24) is 10.2 Å². The van der Waals surface area contributed by atoms with Crippen LogP contribution in [0.1, 0.15) is 12.5 Å². The Morgan fingerprint density at radius 3 is 2.62 bits per heavy atom. The second-order valence-corrected chi connectivity index (χ2v) is 3.68. The number of halogens is 2. The van der Waals surface area contributed by atoms with Crippen molar-refractivity contribution in [1.29, 1.82) is 0 Å². The highest BCUT2D eigenvalue weighted by atomic mass is 19.3. The monoisotopic (exact) mass is 223 g/mol. The van der Waals surface area contributed by atoms with Gasteiger partial charge in [-0.2, -0.15) is 5.10 Å². The van der Waals surface area contributed by atoms with Gasteiger partial charge in [-0.3, -0.25) is 5.10 Å². The van der Waals surface area contributed by atoms with Gasteiger partial charge >= 0.3 is 0 Å². The molecule has 3 nitrogen and oxygen atoms in total. The van der Waals surface area contributed by atoms with Crippen molar-refractivity contribution in [2.24, 2.45) is 0 Å². The van der Waals surface area contributed by atoms with E-state index in [1.165, 1.54) is 12.1 Å². The number of aromatic nitrogens is 2. The number of hydrogen-bond acceptors (Lipinski definition) is 2.